The predicted molar refractivity (Wildman–Crippen MR) is 100 cm³/mol. The molecule has 2 aromatic heterocycles. The summed E-state index contributed by atoms with van der Waals surface area (Å²) >= 11 is 1.22. The van der Waals surface area contributed by atoms with E-state index in [0.717, 1.165) is 5.56 Å². The van der Waals surface area contributed by atoms with Gasteiger partial charge in [0.15, 0.2) is 5.76 Å². The molecule has 0 saturated heterocycles. The van der Waals surface area contributed by atoms with Crippen molar-refractivity contribution in [2.75, 3.05) is 4.90 Å². The zero-order valence-corrected chi connectivity index (χ0v) is 15.1. The van der Waals surface area contributed by atoms with Crippen molar-refractivity contribution < 1.29 is 24.2 Å². The van der Waals surface area contributed by atoms with Gasteiger partial charge in [0.05, 0.1) is 22.4 Å². The summed E-state index contributed by atoms with van der Waals surface area (Å²) in [5, 5.41) is 22.6. The number of furan rings is 1. The molecule has 7 heteroatoms. The summed E-state index contributed by atoms with van der Waals surface area (Å²) in [6.07, 6.45) is 1.43. The average Bonchev–Trinajstić information content (AvgIpc) is 3.39. The fourth-order valence-corrected chi connectivity index (χ4v) is 3.85. The van der Waals surface area contributed by atoms with Gasteiger partial charge < -0.3 is 14.6 Å². The number of Topliss-reactive ketones (excluding diaryl/α,β-unsaturated/α-hetero) is 1. The molecule has 0 radical (unpaired) electrons. The molecule has 1 aliphatic rings. The summed E-state index contributed by atoms with van der Waals surface area (Å²) in [6, 6.07) is 10.4. The van der Waals surface area contributed by atoms with E-state index >= 15 is 0 Å². The maximum atomic E-state index is 13.0. The van der Waals surface area contributed by atoms with Gasteiger partial charge in [-0.3, -0.25) is 14.5 Å². The largest absolute Gasteiger partial charge is 0.506 e. The fourth-order valence-electron chi connectivity index (χ4n) is 3.17. The van der Waals surface area contributed by atoms with Crippen LogP contribution in [0.25, 0.3) is 0 Å². The van der Waals surface area contributed by atoms with E-state index < -0.39 is 23.5 Å². The molecule has 0 bridgehead atoms. The highest BCUT2D eigenvalue weighted by molar-refractivity contribution is 7.12. The van der Waals surface area contributed by atoms with Crippen LogP contribution in [0.2, 0.25) is 0 Å². The highest BCUT2D eigenvalue weighted by Gasteiger charge is 2.47. The zero-order valence-electron chi connectivity index (χ0n) is 14.2. The van der Waals surface area contributed by atoms with Crippen LogP contribution in [-0.2, 0) is 4.79 Å². The van der Waals surface area contributed by atoms with Crippen molar-refractivity contribution in [3.05, 3.63) is 81.6 Å². The summed E-state index contributed by atoms with van der Waals surface area (Å²) in [4.78, 5) is 27.5. The first-order valence-electron chi connectivity index (χ1n) is 8.17. The molecule has 3 aromatic rings. The van der Waals surface area contributed by atoms with Crippen LogP contribution in [0, 0.1) is 6.92 Å². The van der Waals surface area contributed by atoms with Gasteiger partial charge in [0, 0.05) is 0 Å². The van der Waals surface area contributed by atoms with Crippen molar-refractivity contribution in [3.63, 3.8) is 0 Å². The molecule has 3 heterocycles. The molecule has 27 heavy (non-hydrogen) atoms. The lowest BCUT2D eigenvalue weighted by Crippen LogP contribution is -2.30. The molecule has 0 saturated carbocycles. The molecule has 6 nitrogen and oxygen atoms in total. The number of aliphatic hydroxyl groups excluding tert-OH is 1. The Morgan fingerprint density at radius 1 is 1.19 bits per heavy atom. The van der Waals surface area contributed by atoms with Gasteiger partial charge in [-0.2, -0.15) is 0 Å². The van der Waals surface area contributed by atoms with Gasteiger partial charge in [0.1, 0.15) is 17.6 Å². The fraction of sp³-hybridized carbons (Fsp3) is 0.100. The minimum Gasteiger partial charge on any atom is -0.506 e. The Hall–Kier alpha value is -3.32. The first kappa shape index (κ1) is 17.1. The van der Waals surface area contributed by atoms with Gasteiger partial charge in [-0.15, -0.1) is 11.3 Å². The van der Waals surface area contributed by atoms with E-state index in [2.05, 4.69) is 0 Å². The molecule has 0 spiro atoms. The smallest absolute Gasteiger partial charge is 0.294 e. The number of ketones is 1. The first-order valence-corrected chi connectivity index (χ1v) is 9.05. The lowest BCUT2D eigenvalue weighted by molar-refractivity contribution is -0.117. The molecule has 0 fully saturated rings. The number of amides is 1. The molecule has 0 aliphatic carbocycles. The topological polar surface area (TPSA) is 91.0 Å². The Balaban J connectivity index is 1.90. The van der Waals surface area contributed by atoms with Gasteiger partial charge in [-0.05, 0) is 48.2 Å². The van der Waals surface area contributed by atoms with Crippen LogP contribution in [0.1, 0.15) is 27.0 Å². The first-order chi connectivity index (χ1) is 13.0. The number of phenols is 1. The van der Waals surface area contributed by atoms with Gasteiger partial charge in [0.2, 0.25) is 5.78 Å². The number of nitrogens with zero attached hydrogens (tertiary/aromatic N) is 1. The van der Waals surface area contributed by atoms with Gasteiger partial charge in [-0.1, -0.05) is 12.1 Å². The minimum absolute atomic E-state index is 0.0710. The second kappa shape index (κ2) is 6.44. The third kappa shape index (κ3) is 2.72. The van der Waals surface area contributed by atoms with Crippen molar-refractivity contribution in [2.45, 2.75) is 13.0 Å². The number of aliphatic hydroxyl groups is 1. The summed E-state index contributed by atoms with van der Waals surface area (Å²) in [6.45, 7) is 1.82. The van der Waals surface area contributed by atoms with Crippen molar-refractivity contribution >= 4 is 28.7 Å². The van der Waals surface area contributed by atoms with Crippen LogP contribution in [0.4, 0.5) is 5.69 Å². The predicted octanol–water partition coefficient (Wildman–Crippen LogP) is 4.14. The summed E-state index contributed by atoms with van der Waals surface area (Å²) in [7, 11) is 0. The molecule has 1 atom stereocenters. The Morgan fingerprint density at radius 3 is 2.67 bits per heavy atom. The lowest BCUT2D eigenvalue weighted by atomic mass is 9.99. The summed E-state index contributed by atoms with van der Waals surface area (Å²) < 4.78 is 5.46. The number of phenolic OH excluding ortho intramolecular Hbond substituents is 1. The van der Waals surface area contributed by atoms with Gasteiger partial charge in [-0.25, -0.2) is 0 Å². The molecule has 1 aliphatic heterocycles. The SMILES string of the molecule is Cc1ccc(O)c(N2C(=O)C(O)=C(C(=O)c3cccs3)C2c2ccco2)c1. The number of hydrogen-bond donors (Lipinski definition) is 2. The lowest BCUT2D eigenvalue weighted by Gasteiger charge is -2.25. The number of aromatic hydroxyl groups is 1. The summed E-state index contributed by atoms with van der Waals surface area (Å²) in [5.74, 6) is -1.68. The second-order valence-electron chi connectivity index (χ2n) is 6.15. The molecular formula is C20H15NO5S. The van der Waals surface area contributed by atoms with Crippen molar-refractivity contribution in [3.8, 4) is 5.75 Å². The van der Waals surface area contributed by atoms with E-state index in [1.54, 1.807) is 41.8 Å². The van der Waals surface area contributed by atoms with Crippen LogP contribution in [0.15, 0.2) is 69.9 Å². The third-order valence-corrected chi connectivity index (χ3v) is 5.27. The van der Waals surface area contributed by atoms with E-state index in [1.165, 1.54) is 28.6 Å². The van der Waals surface area contributed by atoms with E-state index in [-0.39, 0.29) is 17.0 Å². The van der Waals surface area contributed by atoms with Crippen molar-refractivity contribution in [1.29, 1.82) is 0 Å². The quantitative estimate of drug-likeness (QED) is 0.663. The van der Waals surface area contributed by atoms with Gasteiger partial charge in [0.25, 0.3) is 5.91 Å². The molecule has 1 aromatic carbocycles. The molecule has 1 unspecified atom stereocenters. The summed E-state index contributed by atoms with van der Waals surface area (Å²) in [5.41, 5.74) is 0.937. The van der Waals surface area contributed by atoms with Crippen LogP contribution >= 0.6 is 11.3 Å². The number of benzene rings is 1. The molecule has 1 amide bonds. The molecule has 4 rings (SSSR count). The second-order valence-corrected chi connectivity index (χ2v) is 7.10. The molecule has 136 valence electrons. The van der Waals surface area contributed by atoms with Crippen LogP contribution in [-0.4, -0.2) is 21.9 Å². The number of hydrogen-bond acceptors (Lipinski definition) is 6. The number of carbonyl (C=O) groups is 2. The average molecular weight is 381 g/mol. The Kier molecular flexibility index (Phi) is 4.08. The maximum Gasteiger partial charge on any atom is 0.294 e. The van der Waals surface area contributed by atoms with Crippen molar-refractivity contribution in [1.82, 2.24) is 0 Å². The molecule has 2 N–H and O–H groups in total. The van der Waals surface area contributed by atoms with E-state index in [1.807, 2.05) is 6.92 Å². The van der Waals surface area contributed by atoms with Crippen LogP contribution < -0.4 is 4.90 Å². The molecular weight excluding hydrogens is 366 g/mol. The Labute approximate surface area is 158 Å². The number of anilines is 1. The number of aryl methyl sites for hydroxylation is 1. The Morgan fingerprint density at radius 2 is 2.00 bits per heavy atom. The van der Waals surface area contributed by atoms with Crippen molar-refractivity contribution in [2.24, 2.45) is 0 Å². The zero-order chi connectivity index (χ0) is 19.1. The number of rotatable bonds is 4. The number of thiophene rings is 1. The number of carbonyl (C=O) groups excluding carboxylic acids is 2. The normalized spacial score (nSPS) is 17.0. The third-order valence-electron chi connectivity index (χ3n) is 4.40. The van der Waals surface area contributed by atoms with E-state index in [0.29, 0.717) is 10.6 Å². The Bertz CT molecular complexity index is 1050. The maximum absolute atomic E-state index is 13.0. The van der Waals surface area contributed by atoms with Crippen LogP contribution in [0.3, 0.4) is 0 Å². The highest BCUT2D eigenvalue weighted by Crippen LogP contribution is 2.45. The van der Waals surface area contributed by atoms with E-state index in [4.69, 9.17) is 4.42 Å². The van der Waals surface area contributed by atoms with Crippen LogP contribution in [0.5, 0.6) is 5.75 Å². The standard InChI is InChI=1S/C20H15NO5S/c1-11-6-7-13(22)12(10-11)21-17(14-4-2-8-26-14)16(19(24)20(21)25)18(23)15-5-3-9-27-15/h2-10,17,22,24H,1H3. The van der Waals surface area contributed by atoms with Gasteiger partial charge >= 0.3 is 0 Å². The monoisotopic (exact) mass is 381 g/mol. The van der Waals surface area contributed by atoms with E-state index in [9.17, 15) is 19.8 Å². The highest BCUT2D eigenvalue weighted by atomic mass is 32.1. The minimum atomic E-state index is -0.977.